The number of nitrogens with zero attached hydrogens (tertiary/aromatic N) is 5. The Labute approximate surface area is 185 Å². The van der Waals surface area contributed by atoms with Crippen LogP contribution in [0.3, 0.4) is 0 Å². The third kappa shape index (κ3) is 3.49. The summed E-state index contributed by atoms with van der Waals surface area (Å²) in [4.78, 5) is 31.8. The summed E-state index contributed by atoms with van der Waals surface area (Å²) in [5.41, 5.74) is 7.96. The van der Waals surface area contributed by atoms with Gasteiger partial charge in [-0.3, -0.25) is 19.6 Å². The molecule has 9 nitrogen and oxygen atoms in total. The molecule has 1 aliphatic heterocycles. The molecule has 0 spiro atoms. The van der Waals surface area contributed by atoms with Gasteiger partial charge in [-0.05, 0) is 32.9 Å². The molecule has 2 amide bonds. The highest BCUT2D eigenvalue weighted by atomic mass is 19.1. The van der Waals surface area contributed by atoms with Crippen LogP contribution < -0.4 is 16.0 Å². The van der Waals surface area contributed by atoms with Gasteiger partial charge >= 0.3 is 0 Å². The van der Waals surface area contributed by atoms with Gasteiger partial charge in [0.2, 0.25) is 11.9 Å². The van der Waals surface area contributed by atoms with Crippen LogP contribution in [0.4, 0.5) is 16.0 Å². The number of hydrogen-bond donors (Lipinski definition) is 2. The number of nitrogens with two attached hydrogens (primary N) is 1. The van der Waals surface area contributed by atoms with Gasteiger partial charge in [0.15, 0.2) is 11.5 Å². The van der Waals surface area contributed by atoms with Crippen molar-refractivity contribution >= 4 is 34.5 Å². The second kappa shape index (κ2) is 7.61. The van der Waals surface area contributed by atoms with Gasteiger partial charge in [0.25, 0.3) is 5.91 Å². The molecule has 3 heterocycles. The fraction of sp³-hybridized carbons (Fsp3) is 0.455. The first kappa shape index (κ1) is 21.8. The minimum atomic E-state index is -0.648. The molecule has 0 aliphatic carbocycles. The average Bonchev–Trinajstić information content (AvgIpc) is 3.16. The maximum absolute atomic E-state index is 14.6. The number of nitrogens with one attached hydrogen (secondary N) is 1. The topological polar surface area (TPSA) is 111 Å². The molecule has 3 aromatic rings. The highest BCUT2D eigenvalue weighted by Gasteiger charge is 2.32. The monoisotopic (exact) mass is 441 g/mol. The van der Waals surface area contributed by atoms with E-state index in [0.29, 0.717) is 30.1 Å². The van der Waals surface area contributed by atoms with E-state index in [1.165, 1.54) is 11.6 Å². The lowest BCUT2D eigenvalue weighted by atomic mass is 9.93. The Morgan fingerprint density at radius 2 is 1.94 bits per heavy atom. The van der Waals surface area contributed by atoms with Crippen LogP contribution >= 0.6 is 0 Å². The molecular formula is C22H28FN7O2. The maximum Gasteiger partial charge on any atom is 0.279 e. The van der Waals surface area contributed by atoms with E-state index in [-0.39, 0.29) is 16.8 Å². The zero-order valence-corrected chi connectivity index (χ0v) is 19.0. The predicted octanol–water partition coefficient (Wildman–Crippen LogP) is 2.92. The number of primary amides is 1. The number of carbonyl (C=O) groups is 2. The van der Waals surface area contributed by atoms with Crippen LogP contribution in [0, 0.1) is 18.2 Å². The molecule has 0 radical (unpaired) electrons. The second-order valence-electron chi connectivity index (χ2n) is 8.95. The minimum Gasteiger partial charge on any atom is -0.369 e. The number of aromatic nitrogens is 4. The summed E-state index contributed by atoms with van der Waals surface area (Å²) in [5, 5.41) is 6.87. The summed E-state index contributed by atoms with van der Waals surface area (Å²) >= 11 is 0. The van der Waals surface area contributed by atoms with Crippen LogP contribution in [0.5, 0.6) is 0 Å². The normalized spacial score (nSPS) is 15.1. The number of benzene rings is 1. The SMILES string of the molecule is CCN1CC(C)(C)Cn2c(NC(=O)c3c(F)c(C)nn3CC)nc3cc(C(N)=O)cc1c32. The lowest BCUT2D eigenvalue weighted by Crippen LogP contribution is -2.35. The summed E-state index contributed by atoms with van der Waals surface area (Å²) in [5.74, 6) is -1.53. The van der Waals surface area contributed by atoms with Crippen LogP contribution in [0.25, 0.3) is 11.0 Å². The Morgan fingerprint density at radius 3 is 2.56 bits per heavy atom. The molecule has 0 bridgehead atoms. The molecule has 10 heteroatoms. The third-order valence-electron chi connectivity index (χ3n) is 5.83. The van der Waals surface area contributed by atoms with Crippen molar-refractivity contribution in [3.8, 4) is 0 Å². The van der Waals surface area contributed by atoms with Crippen LogP contribution in [0.15, 0.2) is 12.1 Å². The smallest absolute Gasteiger partial charge is 0.279 e. The van der Waals surface area contributed by atoms with E-state index in [2.05, 4.69) is 34.1 Å². The molecule has 0 unspecified atom stereocenters. The summed E-state index contributed by atoms with van der Waals surface area (Å²) in [6, 6.07) is 3.40. The highest BCUT2D eigenvalue weighted by Crippen LogP contribution is 2.38. The zero-order chi connectivity index (χ0) is 23.4. The van der Waals surface area contributed by atoms with E-state index in [1.54, 1.807) is 19.1 Å². The molecule has 170 valence electrons. The number of aryl methyl sites for hydroxylation is 2. The molecule has 2 aromatic heterocycles. The van der Waals surface area contributed by atoms with E-state index in [0.717, 1.165) is 24.3 Å². The molecule has 4 rings (SSSR count). The van der Waals surface area contributed by atoms with Gasteiger partial charge in [-0.25, -0.2) is 9.37 Å². The van der Waals surface area contributed by atoms with Crippen molar-refractivity contribution in [2.24, 2.45) is 11.1 Å². The van der Waals surface area contributed by atoms with Crippen LogP contribution in [-0.2, 0) is 13.1 Å². The number of amides is 2. The van der Waals surface area contributed by atoms with E-state index >= 15 is 0 Å². The molecular weight excluding hydrogens is 413 g/mol. The number of hydrogen-bond acceptors (Lipinski definition) is 5. The standard InChI is InChI=1S/C22H28FN7O2/c1-6-28-10-22(4,5)11-29-17-14(8-13(19(24)31)9-15(17)28)25-21(29)26-20(32)18-16(23)12(3)27-30(18)7-2/h8-9H,6-7,10-11H2,1-5H3,(H2,24,31)(H,25,26,32). The molecule has 1 aliphatic rings. The van der Waals surface area contributed by atoms with Gasteiger partial charge < -0.3 is 15.2 Å². The number of anilines is 2. The number of imidazole rings is 1. The van der Waals surface area contributed by atoms with Crippen molar-refractivity contribution in [3.05, 3.63) is 34.9 Å². The van der Waals surface area contributed by atoms with Gasteiger partial charge in [0.05, 0.1) is 22.4 Å². The van der Waals surface area contributed by atoms with Gasteiger partial charge in [0, 0.05) is 37.2 Å². The van der Waals surface area contributed by atoms with E-state index in [4.69, 9.17) is 5.73 Å². The summed E-state index contributed by atoms with van der Waals surface area (Å²) < 4.78 is 17.9. The first-order valence-electron chi connectivity index (χ1n) is 10.7. The van der Waals surface area contributed by atoms with E-state index in [1.807, 2.05) is 11.5 Å². The third-order valence-corrected chi connectivity index (χ3v) is 5.83. The molecule has 32 heavy (non-hydrogen) atoms. The fourth-order valence-electron chi connectivity index (χ4n) is 4.41. The summed E-state index contributed by atoms with van der Waals surface area (Å²) in [6.07, 6.45) is 0. The second-order valence-corrected chi connectivity index (χ2v) is 8.95. The molecule has 3 N–H and O–H groups in total. The molecule has 0 atom stereocenters. The van der Waals surface area contributed by atoms with Crippen molar-refractivity contribution < 1.29 is 14.0 Å². The highest BCUT2D eigenvalue weighted by molar-refractivity contribution is 6.05. The first-order valence-corrected chi connectivity index (χ1v) is 10.7. The van der Waals surface area contributed by atoms with Gasteiger partial charge in [0.1, 0.15) is 0 Å². The lowest BCUT2D eigenvalue weighted by molar-refractivity contribution is 0.0994. The summed E-state index contributed by atoms with van der Waals surface area (Å²) in [6.45, 7) is 12.0. The van der Waals surface area contributed by atoms with Crippen molar-refractivity contribution in [2.45, 2.75) is 47.7 Å². The Hall–Kier alpha value is -3.43. The van der Waals surface area contributed by atoms with Gasteiger partial charge in [-0.2, -0.15) is 5.10 Å². The number of carbonyl (C=O) groups excluding carboxylic acids is 2. The van der Waals surface area contributed by atoms with Gasteiger partial charge in [-0.15, -0.1) is 0 Å². The molecule has 1 aromatic carbocycles. The van der Waals surface area contributed by atoms with E-state index in [9.17, 15) is 14.0 Å². The van der Waals surface area contributed by atoms with Crippen LogP contribution in [0.1, 0.15) is 54.2 Å². The van der Waals surface area contributed by atoms with Crippen molar-refractivity contribution in [2.75, 3.05) is 23.3 Å². The maximum atomic E-state index is 14.6. The van der Waals surface area contributed by atoms with Crippen molar-refractivity contribution in [1.29, 1.82) is 0 Å². The van der Waals surface area contributed by atoms with Crippen LogP contribution in [0.2, 0.25) is 0 Å². The fourth-order valence-corrected chi connectivity index (χ4v) is 4.41. The zero-order valence-electron chi connectivity index (χ0n) is 19.0. The van der Waals surface area contributed by atoms with Gasteiger partial charge in [-0.1, -0.05) is 13.8 Å². The predicted molar refractivity (Wildman–Crippen MR) is 120 cm³/mol. The van der Waals surface area contributed by atoms with Crippen molar-refractivity contribution in [1.82, 2.24) is 19.3 Å². The summed E-state index contributed by atoms with van der Waals surface area (Å²) in [7, 11) is 0. The largest absolute Gasteiger partial charge is 0.369 e. The van der Waals surface area contributed by atoms with E-state index < -0.39 is 17.6 Å². The number of halogens is 1. The molecule has 0 saturated carbocycles. The Bertz CT molecular complexity index is 1240. The molecule has 0 fully saturated rings. The van der Waals surface area contributed by atoms with Crippen molar-refractivity contribution in [3.63, 3.8) is 0 Å². The van der Waals surface area contributed by atoms with Crippen LogP contribution in [-0.4, -0.2) is 44.2 Å². The Balaban J connectivity index is 1.89. The minimum absolute atomic E-state index is 0.133. The quantitative estimate of drug-likeness (QED) is 0.632. The first-order chi connectivity index (χ1) is 15.1. The Kier molecular flexibility index (Phi) is 5.18. The number of rotatable bonds is 5. The molecule has 0 saturated heterocycles. The average molecular weight is 442 g/mol. The lowest BCUT2D eigenvalue weighted by Gasteiger charge is -2.31. The Morgan fingerprint density at radius 1 is 1.22 bits per heavy atom.